The highest BCUT2D eigenvalue weighted by molar-refractivity contribution is 9.10. The van der Waals surface area contributed by atoms with E-state index in [0.29, 0.717) is 5.75 Å². The lowest BCUT2D eigenvalue weighted by molar-refractivity contribution is 0.464. The number of ether oxygens (including phenoxy) is 1. The van der Waals surface area contributed by atoms with Gasteiger partial charge in [0.2, 0.25) is 5.88 Å². The Hall–Kier alpha value is -2.67. The summed E-state index contributed by atoms with van der Waals surface area (Å²) in [5, 5.41) is 2.84. The zero-order valence-corrected chi connectivity index (χ0v) is 13.4. The second-order valence-corrected chi connectivity index (χ2v) is 5.52. The number of nitrogens with one attached hydrogen (secondary N) is 1. The molecule has 0 unspecified atom stereocenters. The lowest BCUT2D eigenvalue weighted by atomic mass is 10.3. The van der Waals surface area contributed by atoms with Crippen LogP contribution in [0.5, 0.6) is 11.6 Å². The Labute approximate surface area is 140 Å². The smallest absolute Gasteiger partial charge is 0.248 e. The van der Waals surface area contributed by atoms with Gasteiger partial charge in [0, 0.05) is 4.47 Å². The minimum absolute atomic E-state index is 0.193. The van der Waals surface area contributed by atoms with Gasteiger partial charge in [-0.25, -0.2) is 9.37 Å². The first-order chi connectivity index (χ1) is 11.1. The predicted octanol–water partition coefficient (Wildman–Crippen LogP) is 4.50. The number of hydrogen-bond acceptors (Lipinski definition) is 5. The van der Waals surface area contributed by atoms with E-state index in [1.54, 1.807) is 30.3 Å². The van der Waals surface area contributed by atoms with Crippen LogP contribution < -0.4 is 15.8 Å². The number of aromatic nitrogens is 2. The minimum atomic E-state index is -0.402. The molecular formula is C16H12BrFN4O. The summed E-state index contributed by atoms with van der Waals surface area (Å²) in [4.78, 5) is 8.05. The average molecular weight is 375 g/mol. The van der Waals surface area contributed by atoms with E-state index >= 15 is 0 Å². The minimum Gasteiger partial charge on any atom is -0.437 e. The number of nitrogen functional groups attached to an aromatic ring is 1. The molecule has 0 radical (unpaired) electrons. The van der Waals surface area contributed by atoms with Crippen LogP contribution in [0.4, 0.5) is 21.6 Å². The summed E-state index contributed by atoms with van der Waals surface area (Å²) in [7, 11) is 0. The number of para-hydroxylation sites is 1. The molecule has 1 aromatic heterocycles. The molecule has 0 saturated carbocycles. The van der Waals surface area contributed by atoms with Crippen molar-refractivity contribution in [2.75, 3.05) is 11.1 Å². The first-order valence-corrected chi connectivity index (χ1v) is 7.48. The van der Waals surface area contributed by atoms with Gasteiger partial charge in [0.05, 0.1) is 5.69 Å². The van der Waals surface area contributed by atoms with Crippen LogP contribution in [-0.2, 0) is 0 Å². The largest absolute Gasteiger partial charge is 0.437 e. The van der Waals surface area contributed by atoms with E-state index in [0.717, 1.165) is 4.47 Å². The number of anilines is 3. The molecule has 0 amide bonds. The van der Waals surface area contributed by atoms with Crippen molar-refractivity contribution in [3.8, 4) is 11.6 Å². The maximum atomic E-state index is 13.7. The van der Waals surface area contributed by atoms with Crippen molar-refractivity contribution in [1.82, 2.24) is 9.97 Å². The van der Waals surface area contributed by atoms with Crippen LogP contribution in [0.2, 0.25) is 0 Å². The van der Waals surface area contributed by atoms with E-state index in [1.165, 1.54) is 12.4 Å². The third-order valence-corrected chi connectivity index (χ3v) is 3.53. The van der Waals surface area contributed by atoms with Crippen molar-refractivity contribution in [3.05, 3.63) is 65.1 Å². The van der Waals surface area contributed by atoms with E-state index < -0.39 is 5.82 Å². The van der Waals surface area contributed by atoms with Gasteiger partial charge in [-0.2, -0.15) is 4.98 Å². The first kappa shape index (κ1) is 15.2. The predicted molar refractivity (Wildman–Crippen MR) is 90.3 cm³/mol. The molecule has 0 spiro atoms. The van der Waals surface area contributed by atoms with Crippen LogP contribution in [0.25, 0.3) is 0 Å². The topological polar surface area (TPSA) is 73.1 Å². The van der Waals surface area contributed by atoms with Gasteiger partial charge in [-0.15, -0.1) is 0 Å². The summed E-state index contributed by atoms with van der Waals surface area (Å²) in [6.45, 7) is 0. The highest BCUT2D eigenvalue weighted by Crippen LogP contribution is 2.31. The number of rotatable bonds is 4. The SMILES string of the molecule is Nc1c(Nc2ccccc2F)ncnc1Oc1ccc(Br)cc1. The maximum Gasteiger partial charge on any atom is 0.248 e. The van der Waals surface area contributed by atoms with E-state index in [4.69, 9.17) is 10.5 Å². The summed E-state index contributed by atoms with van der Waals surface area (Å²) < 4.78 is 20.3. The van der Waals surface area contributed by atoms with Crippen molar-refractivity contribution in [2.24, 2.45) is 0 Å². The average Bonchev–Trinajstić information content (AvgIpc) is 2.55. The van der Waals surface area contributed by atoms with E-state index in [9.17, 15) is 4.39 Å². The third-order valence-electron chi connectivity index (χ3n) is 3.00. The van der Waals surface area contributed by atoms with Gasteiger partial charge in [0.1, 0.15) is 23.6 Å². The molecule has 2 aromatic carbocycles. The summed E-state index contributed by atoms with van der Waals surface area (Å²) in [6, 6.07) is 13.5. The molecule has 0 fully saturated rings. The Balaban J connectivity index is 1.86. The molecule has 3 rings (SSSR count). The summed E-state index contributed by atoms with van der Waals surface area (Å²) in [5.41, 5.74) is 6.48. The van der Waals surface area contributed by atoms with Crippen molar-refractivity contribution < 1.29 is 9.13 Å². The Morgan fingerprint density at radius 3 is 2.52 bits per heavy atom. The van der Waals surface area contributed by atoms with Crippen LogP contribution in [0.15, 0.2) is 59.3 Å². The van der Waals surface area contributed by atoms with Gasteiger partial charge in [0.25, 0.3) is 0 Å². The second-order valence-electron chi connectivity index (χ2n) is 4.60. The molecule has 23 heavy (non-hydrogen) atoms. The molecule has 1 heterocycles. The Morgan fingerprint density at radius 1 is 1.04 bits per heavy atom. The molecule has 0 bridgehead atoms. The second kappa shape index (κ2) is 6.62. The van der Waals surface area contributed by atoms with Gasteiger partial charge in [-0.05, 0) is 36.4 Å². The van der Waals surface area contributed by atoms with E-state index in [2.05, 4.69) is 31.2 Å². The Kier molecular flexibility index (Phi) is 4.38. The Morgan fingerprint density at radius 2 is 1.78 bits per heavy atom. The normalized spacial score (nSPS) is 10.3. The lowest BCUT2D eigenvalue weighted by Crippen LogP contribution is -2.04. The fourth-order valence-electron chi connectivity index (χ4n) is 1.86. The summed E-state index contributed by atoms with van der Waals surface area (Å²) >= 11 is 3.35. The lowest BCUT2D eigenvalue weighted by Gasteiger charge is -2.12. The molecule has 5 nitrogen and oxygen atoms in total. The van der Waals surface area contributed by atoms with Crippen molar-refractivity contribution >= 4 is 33.1 Å². The summed E-state index contributed by atoms with van der Waals surface area (Å²) in [6.07, 6.45) is 1.30. The standard InChI is InChI=1S/C16H12BrFN4O/c17-10-5-7-11(8-6-10)23-16-14(19)15(20-9-21-16)22-13-4-2-1-3-12(13)18/h1-9H,19H2,(H,20,21,22). The van der Waals surface area contributed by atoms with Gasteiger partial charge in [-0.1, -0.05) is 28.1 Å². The molecule has 116 valence electrons. The fourth-order valence-corrected chi connectivity index (χ4v) is 2.13. The third kappa shape index (κ3) is 3.57. The van der Waals surface area contributed by atoms with Gasteiger partial charge in [0.15, 0.2) is 5.82 Å². The van der Waals surface area contributed by atoms with Gasteiger partial charge in [-0.3, -0.25) is 0 Å². The first-order valence-electron chi connectivity index (χ1n) is 6.69. The number of nitrogens with zero attached hydrogens (tertiary/aromatic N) is 2. The van der Waals surface area contributed by atoms with Crippen LogP contribution >= 0.6 is 15.9 Å². The molecule has 3 aromatic rings. The monoisotopic (exact) mass is 374 g/mol. The van der Waals surface area contributed by atoms with Gasteiger partial charge < -0.3 is 15.8 Å². The highest BCUT2D eigenvalue weighted by Gasteiger charge is 2.12. The van der Waals surface area contributed by atoms with Crippen LogP contribution in [0.3, 0.4) is 0 Å². The maximum absolute atomic E-state index is 13.7. The number of nitrogens with two attached hydrogens (primary N) is 1. The molecule has 0 saturated heterocycles. The molecule has 7 heteroatoms. The number of benzene rings is 2. The van der Waals surface area contributed by atoms with Crippen molar-refractivity contribution in [1.29, 1.82) is 0 Å². The van der Waals surface area contributed by atoms with Crippen LogP contribution in [0, 0.1) is 5.82 Å². The van der Waals surface area contributed by atoms with Gasteiger partial charge >= 0.3 is 0 Å². The molecule has 0 aliphatic carbocycles. The van der Waals surface area contributed by atoms with Crippen LogP contribution in [-0.4, -0.2) is 9.97 Å². The molecule has 3 N–H and O–H groups in total. The Bertz CT molecular complexity index is 827. The molecule has 0 aliphatic rings. The highest BCUT2D eigenvalue weighted by atomic mass is 79.9. The summed E-state index contributed by atoms with van der Waals surface area (Å²) in [5.74, 6) is 0.648. The fraction of sp³-hybridized carbons (Fsp3) is 0. The zero-order valence-electron chi connectivity index (χ0n) is 11.8. The molecule has 0 aliphatic heterocycles. The molecule has 0 atom stereocenters. The van der Waals surface area contributed by atoms with E-state index in [1.807, 2.05) is 12.1 Å². The zero-order chi connectivity index (χ0) is 16.2. The van der Waals surface area contributed by atoms with Crippen molar-refractivity contribution in [3.63, 3.8) is 0 Å². The number of halogens is 2. The van der Waals surface area contributed by atoms with E-state index in [-0.39, 0.29) is 23.1 Å². The number of hydrogen-bond donors (Lipinski definition) is 2. The van der Waals surface area contributed by atoms with Crippen molar-refractivity contribution in [2.45, 2.75) is 0 Å². The quantitative estimate of drug-likeness (QED) is 0.703. The molecular weight excluding hydrogens is 363 g/mol. The van der Waals surface area contributed by atoms with Crippen LogP contribution in [0.1, 0.15) is 0 Å².